The molecule has 0 bridgehead atoms. The molecule has 1 aliphatic rings. The lowest BCUT2D eigenvalue weighted by Gasteiger charge is -1.89. The lowest BCUT2D eigenvalue weighted by atomic mass is 10.2. The minimum absolute atomic E-state index is 0.849. The molecule has 0 aliphatic heterocycles. The molecule has 1 fully saturated rings. The molecule has 0 saturated heterocycles. The zero-order chi connectivity index (χ0) is 7.23. The van der Waals surface area contributed by atoms with Crippen LogP contribution in [0.5, 0.6) is 0 Å². The van der Waals surface area contributed by atoms with E-state index in [4.69, 9.17) is 0 Å². The number of rotatable bonds is 5. The van der Waals surface area contributed by atoms with Crippen LogP contribution in [0.2, 0.25) is 0 Å². The second-order valence-electron chi connectivity index (χ2n) is 3.14. The van der Waals surface area contributed by atoms with Gasteiger partial charge in [0.25, 0.3) is 0 Å². The fourth-order valence-corrected chi connectivity index (χ4v) is 0.996. The summed E-state index contributed by atoms with van der Waals surface area (Å²) in [5.74, 6) is 0.849. The first kappa shape index (κ1) is 7.84. The molecule has 0 amide bonds. The molecule has 0 atom stereocenters. The molecule has 1 rings (SSSR count). The van der Waals surface area contributed by atoms with Gasteiger partial charge in [-0.15, -0.1) is 0 Å². The van der Waals surface area contributed by atoms with Gasteiger partial charge in [-0.3, -0.25) is 0 Å². The maximum absolute atomic E-state index is 3.39. The second kappa shape index (κ2) is 4.54. The average Bonchev–Trinajstić information content (AvgIpc) is 2.71. The van der Waals surface area contributed by atoms with Crippen LogP contribution in [0.4, 0.5) is 0 Å². The van der Waals surface area contributed by atoms with Gasteiger partial charge >= 0.3 is 0 Å². The van der Waals surface area contributed by atoms with Crippen molar-refractivity contribution in [1.29, 1.82) is 0 Å². The topological polar surface area (TPSA) is 0 Å². The monoisotopic (exact) mass is 137 g/mol. The molecule has 0 aromatic carbocycles. The standard InChI is InChI=1S/C10H17/c1-2-3-4-5-6-7-10-8-9-10/h6,10H,2-5,8-9H2,1H3. The Hall–Kier alpha value is -0.260. The van der Waals surface area contributed by atoms with E-state index in [1.165, 1.54) is 38.5 Å². The maximum atomic E-state index is 3.39. The molecule has 1 saturated carbocycles. The highest BCUT2D eigenvalue weighted by atomic mass is 14.2. The van der Waals surface area contributed by atoms with E-state index in [-0.39, 0.29) is 0 Å². The van der Waals surface area contributed by atoms with Crippen molar-refractivity contribution in [2.45, 2.75) is 45.4 Å². The molecular weight excluding hydrogens is 120 g/mol. The molecule has 0 nitrogen and oxygen atoms in total. The van der Waals surface area contributed by atoms with Crippen molar-refractivity contribution in [3.05, 3.63) is 12.2 Å². The summed E-state index contributed by atoms with van der Waals surface area (Å²) in [6, 6.07) is 0. The first-order valence-corrected chi connectivity index (χ1v) is 4.51. The van der Waals surface area contributed by atoms with Crippen molar-refractivity contribution in [3.63, 3.8) is 0 Å². The number of unbranched alkanes of at least 4 members (excludes halogenated alkanes) is 3. The molecule has 1 aliphatic carbocycles. The third-order valence-electron chi connectivity index (χ3n) is 1.88. The smallest absolute Gasteiger partial charge is 0.0162 e. The molecule has 0 unspecified atom stereocenters. The minimum Gasteiger partial charge on any atom is -0.0808 e. The number of hydrogen-bond acceptors (Lipinski definition) is 0. The van der Waals surface area contributed by atoms with Crippen LogP contribution in [0.25, 0.3) is 0 Å². The Morgan fingerprint density at radius 2 is 2.20 bits per heavy atom. The van der Waals surface area contributed by atoms with Crippen molar-refractivity contribution in [2.75, 3.05) is 0 Å². The van der Waals surface area contributed by atoms with Crippen LogP contribution in [0.1, 0.15) is 45.4 Å². The van der Waals surface area contributed by atoms with Gasteiger partial charge in [-0.2, -0.15) is 0 Å². The van der Waals surface area contributed by atoms with Gasteiger partial charge in [-0.1, -0.05) is 25.8 Å². The van der Waals surface area contributed by atoms with Crippen LogP contribution in [0.3, 0.4) is 0 Å². The maximum Gasteiger partial charge on any atom is -0.0162 e. The first-order chi connectivity index (χ1) is 4.93. The molecule has 0 aromatic heterocycles. The van der Waals surface area contributed by atoms with Gasteiger partial charge in [0.2, 0.25) is 0 Å². The number of hydrogen-bond donors (Lipinski definition) is 0. The van der Waals surface area contributed by atoms with E-state index in [0.29, 0.717) is 0 Å². The van der Waals surface area contributed by atoms with Crippen LogP contribution < -0.4 is 0 Å². The van der Waals surface area contributed by atoms with Crippen molar-refractivity contribution in [3.8, 4) is 0 Å². The van der Waals surface area contributed by atoms with Crippen LogP contribution >= 0.6 is 0 Å². The van der Waals surface area contributed by atoms with E-state index in [0.717, 1.165) is 5.92 Å². The van der Waals surface area contributed by atoms with Crippen molar-refractivity contribution >= 4 is 0 Å². The fraction of sp³-hybridized carbons (Fsp3) is 0.800. The summed E-state index contributed by atoms with van der Waals surface area (Å²) < 4.78 is 0. The summed E-state index contributed by atoms with van der Waals surface area (Å²) in [6.45, 7) is 2.24. The van der Waals surface area contributed by atoms with E-state index >= 15 is 0 Å². The molecule has 57 valence electrons. The van der Waals surface area contributed by atoms with Crippen molar-refractivity contribution < 1.29 is 0 Å². The van der Waals surface area contributed by atoms with E-state index in [1.807, 2.05) is 0 Å². The summed E-state index contributed by atoms with van der Waals surface area (Å²) in [5, 5.41) is 0. The van der Waals surface area contributed by atoms with Crippen LogP contribution in [0.15, 0.2) is 6.08 Å². The highest BCUT2D eigenvalue weighted by Gasteiger charge is 2.17. The van der Waals surface area contributed by atoms with Crippen LogP contribution in [0, 0.1) is 12.0 Å². The quantitative estimate of drug-likeness (QED) is 0.510. The van der Waals surface area contributed by atoms with Gasteiger partial charge in [-0.25, -0.2) is 0 Å². The van der Waals surface area contributed by atoms with Gasteiger partial charge in [-0.05, 0) is 37.7 Å². The molecule has 0 spiro atoms. The van der Waals surface area contributed by atoms with Crippen LogP contribution in [-0.2, 0) is 0 Å². The first-order valence-electron chi connectivity index (χ1n) is 4.51. The molecule has 0 N–H and O–H groups in total. The van der Waals surface area contributed by atoms with E-state index < -0.39 is 0 Å². The van der Waals surface area contributed by atoms with Gasteiger partial charge in [0.15, 0.2) is 0 Å². The number of allylic oxidation sites excluding steroid dienone is 2. The predicted molar refractivity (Wildman–Crippen MR) is 44.7 cm³/mol. The summed E-state index contributed by atoms with van der Waals surface area (Å²) >= 11 is 0. The molecule has 0 aromatic rings. The normalized spacial score (nSPS) is 18.5. The summed E-state index contributed by atoms with van der Waals surface area (Å²) in [5.41, 5.74) is 0. The molecule has 0 heteroatoms. The molecule has 10 heavy (non-hydrogen) atoms. The predicted octanol–water partition coefficient (Wildman–Crippen LogP) is 3.34. The Bertz CT molecular complexity index is 98.6. The van der Waals surface area contributed by atoms with Crippen molar-refractivity contribution in [1.82, 2.24) is 0 Å². The highest BCUT2D eigenvalue weighted by Crippen LogP contribution is 2.29. The lowest BCUT2D eigenvalue weighted by Crippen LogP contribution is -1.71. The molecule has 0 heterocycles. The average molecular weight is 137 g/mol. The summed E-state index contributed by atoms with van der Waals surface area (Å²) in [6.07, 6.45) is 13.7. The highest BCUT2D eigenvalue weighted by molar-refractivity contribution is 4.88. The fourth-order valence-electron chi connectivity index (χ4n) is 0.996. The minimum atomic E-state index is 0.849. The van der Waals surface area contributed by atoms with Gasteiger partial charge in [0.1, 0.15) is 0 Å². The SMILES string of the molecule is CCCCC/C=[C]\C1CC1. The Labute approximate surface area is 64.3 Å². The Morgan fingerprint density at radius 1 is 1.40 bits per heavy atom. The zero-order valence-corrected chi connectivity index (χ0v) is 6.90. The van der Waals surface area contributed by atoms with E-state index in [9.17, 15) is 0 Å². The van der Waals surface area contributed by atoms with Crippen molar-refractivity contribution in [2.24, 2.45) is 5.92 Å². The molecular formula is C10H17. The summed E-state index contributed by atoms with van der Waals surface area (Å²) in [7, 11) is 0. The largest absolute Gasteiger partial charge is 0.0808 e. The molecule has 1 radical (unpaired) electrons. The Kier molecular flexibility index (Phi) is 3.56. The van der Waals surface area contributed by atoms with E-state index in [1.54, 1.807) is 0 Å². The van der Waals surface area contributed by atoms with Gasteiger partial charge < -0.3 is 0 Å². The zero-order valence-electron chi connectivity index (χ0n) is 6.90. The van der Waals surface area contributed by atoms with Crippen LogP contribution in [-0.4, -0.2) is 0 Å². The Morgan fingerprint density at radius 3 is 2.80 bits per heavy atom. The second-order valence-corrected chi connectivity index (χ2v) is 3.14. The third kappa shape index (κ3) is 3.71. The summed E-state index contributed by atoms with van der Waals surface area (Å²) in [4.78, 5) is 0. The Balaban J connectivity index is 1.83. The lowest BCUT2D eigenvalue weighted by molar-refractivity contribution is 0.726. The van der Waals surface area contributed by atoms with E-state index in [2.05, 4.69) is 19.1 Å². The van der Waals surface area contributed by atoms with Gasteiger partial charge in [0.05, 0.1) is 0 Å². The third-order valence-corrected chi connectivity index (χ3v) is 1.88. The van der Waals surface area contributed by atoms with Gasteiger partial charge in [0, 0.05) is 0 Å².